The summed E-state index contributed by atoms with van der Waals surface area (Å²) in [6, 6.07) is 45.3. The van der Waals surface area contributed by atoms with Crippen molar-refractivity contribution in [2.24, 2.45) is 0 Å². The maximum absolute atomic E-state index is 6.56. The molecule has 0 unspecified atom stereocenters. The average molecular weight is 757 g/mol. The molecule has 0 N–H and O–H groups in total. The molecule has 0 bridgehead atoms. The molecule has 0 amide bonds. The summed E-state index contributed by atoms with van der Waals surface area (Å²) in [5.41, 5.74) is 25.8. The molecule has 1 aliphatic rings. The fraction of sp³-hybridized carbons (Fsp3) is 0.0588. The summed E-state index contributed by atoms with van der Waals surface area (Å²) >= 11 is 0. The minimum Gasteiger partial charge on any atom is -0.456 e. The van der Waals surface area contributed by atoms with E-state index >= 15 is 0 Å². The minimum absolute atomic E-state index is 0.167. The highest BCUT2D eigenvalue weighted by molar-refractivity contribution is 6.71. The maximum Gasteiger partial charge on any atom is 0.139 e. The van der Waals surface area contributed by atoms with E-state index < -0.39 is 0 Å². The highest BCUT2D eigenvalue weighted by Gasteiger charge is 2.36. The lowest BCUT2D eigenvalue weighted by molar-refractivity contribution is 0.661. The number of hydrogen-bond acceptors (Lipinski definition) is 1. The summed E-state index contributed by atoms with van der Waals surface area (Å²) in [5.74, 6) is 0. The number of furan rings is 1. The fourth-order valence-electron chi connectivity index (χ4n) is 11.0. The van der Waals surface area contributed by atoms with Crippen molar-refractivity contribution in [1.29, 1.82) is 0 Å². The van der Waals surface area contributed by atoms with Gasteiger partial charge < -0.3 is 4.42 Å². The molecule has 9 heteroatoms. The Morgan fingerprint density at radius 3 is 1.35 bits per heavy atom. The van der Waals surface area contributed by atoms with Gasteiger partial charge in [-0.25, -0.2) is 0 Å². The first-order valence-electron chi connectivity index (χ1n) is 21.5. The maximum atomic E-state index is 6.56. The van der Waals surface area contributed by atoms with Crippen molar-refractivity contribution >= 4 is 161 Å². The molecule has 0 atom stereocenters. The molecule has 0 aliphatic heterocycles. The van der Waals surface area contributed by atoms with Crippen molar-refractivity contribution < 1.29 is 4.42 Å². The van der Waals surface area contributed by atoms with Crippen LogP contribution in [0.3, 0.4) is 0 Å². The van der Waals surface area contributed by atoms with E-state index in [1.165, 1.54) is 132 Å². The van der Waals surface area contributed by atoms with E-state index in [2.05, 4.69) is 198 Å². The largest absolute Gasteiger partial charge is 0.456 e. The van der Waals surface area contributed by atoms with Crippen LogP contribution in [0.4, 0.5) is 0 Å². The summed E-state index contributed by atoms with van der Waals surface area (Å²) in [7, 11) is 18.7. The Labute approximate surface area is 359 Å². The highest BCUT2D eigenvalue weighted by Crippen LogP contribution is 2.52. The van der Waals surface area contributed by atoms with Crippen LogP contribution in [-0.4, -0.2) is 62.8 Å². The van der Waals surface area contributed by atoms with Crippen LogP contribution in [-0.2, 0) is 5.41 Å². The summed E-state index contributed by atoms with van der Waals surface area (Å²) in [6.07, 6.45) is 0. The monoisotopic (exact) mass is 758 g/mol. The zero-order valence-corrected chi connectivity index (χ0v) is 36.5. The number of fused-ring (bicyclic) bond motifs is 9. The van der Waals surface area contributed by atoms with Crippen molar-refractivity contribution in [1.82, 2.24) is 0 Å². The Morgan fingerprint density at radius 2 is 0.800 bits per heavy atom. The molecule has 0 saturated heterocycles. The third kappa shape index (κ3) is 5.05. The quantitative estimate of drug-likeness (QED) is 0.189. The summed E-state index contributed by atoms with van der Waals surface area (Å²) in [6.45, 7) is 4.83. The van der Waals surface area contributed by atoms with Gasteiger partial charge in [0.25, 0.3) is 0 Å². The average Bonchev–Trinajstić information content (AvgIpc) is 3.73. The van der Waals surface area contributed by atoms with E-state index in [0.717, 1.165) is 21.9 Å². The predicted molar refractivity (Wildman–Crippen MR) is 286 cm³/mol. The van der Waals surface area contributed by atoms with Crippen LogP contribution >= 0.6 is 0 Å². The SMILES string of the molecule is Bc1c(B)c(B)c2c(-c3ccc4oc5cc6ccccc6cc5c4c3)c3c(B)c(B)c(B)c(B)c3c(-c3ccc4c(c3)C(C)(C)c3cc(-c5ccccc5)ccc3-4)c2c1B. The second-order valence-electron chi connectivity index (χ2n) is 18.3. The van der Waals surface area contributed by atoms with Crippen LogP contribution < -0.4 is 43.7 Å². The zero-order valence-electron chi connectivity index (χ0n) is 36.5. The molecule has 276 valence electrons. The van der Waals surface area contributed by atoms with Gasteiger partial charge in [-0.3, -0.25) is 0 Å². The molecule has 0 radical (unpaired) electrons. The lowest BCUT2D eigenvalue weighted by Gasteiger charge is -2.29. The minimum atomic E-state index is -0.167. The number of hydrogen-bond donors (Lipinski definition) is 0. The van der Waals surface area contributed by atoms with Gasteiger partial charge in [0.15, 0.2) is 0 Å². The van der Waals surface area contributed by atoms with E-state index in [1.807, 2.05) is 0 Å². The molecule has 10 aromatic rings. The van der Waals surface area contributed by atoms with Gasteiger partial charge in [0.1, 0.15) is 73.9 Å². The van der Waals surface area contributed by atoms with Gasteiger partial charge >= 0.3 is 0 Å². The molecule has 11 rings (SSSR count). The normalized spacial score (nSPS) is 13.2. The van der Waals surface area contributed by atoms with E-state index in [-0.39, 0.29) is 5.41 Å². The highest BCUT2D eigenvalue weighted by atomic mass is 16.3. The first-order valence-corrected chi connectivity index (χ1v) is 21.5. The molecule has 1 heterocycles. The van der Waals surface area contributed by atoms with Crippen molar-refractivity contribution in [2.75, 3.05) is 0 Å². The van der Waals surface area contributed by atoms with E-state index in [1.54, 1.807) is 0 Å². The first-order chi connectivity index (χ1) is 28.8. The van der Waals surface area contributed by atoms with Gasteiger partial charge in [0.05, 0.1) is 0 Å². The van der Waals surface area contributed by atoms with E-state index in [0.29, 0.717) is 0 Å². The van der Waals surface area contributed by atoms with Crippen LogP contribution in [0.5, 0.6) is 0 Å². The van der Waals surface area contributed by atoms with Gasteiger partial charge in [-0.1, -0.05) is 121 Å². The molecule has 0 spiro atoms. The number of benzene rings is 9. The molecule has 0 saturated carbocycles. The lowest BCUT2D eigenvalue weighted by atomic mass is 9.59. The summed E-state index contributed by atoms with van der Waals surface area (Å²) in [4.78, 5) is 0. The smallest absolute Gasteiger partial charge is 0.139 e. The standard InChI is InChI=1S/C51H42B8O/c1-51(2)33-20-26(23-8-4-3-5-9-23)12-15-29(33)30-16-13-28(21-34(30)51)38-41-39(43(52)47(56)49(58)45(41)54)37(40-42(38)46(55)50(59)48(57)44(40)53)27-14-17-35-31(19-27)32-18-24-10-6-7-11-25(24)22-36(32)60-35/h3-22H,52-59H2,1-2H3. The second-order valence-corrected chi connectivity index (χ2v) is 18.3. The fourth-order valence-corrected chi connectivity index (χ4v) is 11.0. The third-order valence-corrected chi connectivity index (χ3v) is 15.1. The summed E-state index contributed by atoms with van der Waals surface area (Å²) in [5, 5.41) is 10.2. The molecular weight excluding hydrogens is 715 g/mol. The van der Waals surface area contributed by atoms with E-state index in [4.69, 9.17) is 4.42 Å². The molecule has 60 heavy (non-hydrogen) atoms. The van der Waals surface area contributed by atoms with Crippen molar-refractivity contribution in [2.45, 2.75) is 19.3 Å². The molecular formula is C51H42B8O. The Hall–Kier alpha value is -5.92. The molecule has 1 aromatic heterocycles. The van der Waals surface area contributed by atoms with Crippen LogP contribution in [0, 0.1) is 0 Å². The molecule has 1 aliphatic carbocycles. The van der Waals surface area contributed by atoms with Crippen molar-refractivity contribution in [3.63, 3.8) is 0 Å². The Kier molecular flexibility index (Phi) is 8.06. The third-order valence-electron chi connectivity index (χ3n) is 15.1. The topological polar surface area (TPSA) is 13.1 Å². The van der Waals surface area contributed by atoms with Crippen LogP contribution in [0.1, 0.15) is 25.0 Å². The second kappa shape index (κ2) is 13.0. The van der Waals surface area contributed by atoms with Gasteiger partial charge in [0, 0.05) is 16.2 Å². The Bertz CT molecular complexity index is 3470. The zero-order chi connectivity index (χ0) is 41.5. The van der Waals surface area contributed by atoms with Crippen molar-refractivity contribution in [3.05, 3.63) is 132 Å². The first kappa shape index (κ1) is 37.1. The predicted octanol–water partition coefficient (Wildman–Crippen LogP) is 0.420. The molecule has 9 aromatic carbocycles. The van der Waals surface area contributed by atoms with Crippen LogP contribution in [0.2, 0.25) is 0 Å². The van der Waals surface area contributed by atoms with Crippen molar-refractivity contribution in [3.8, 4) is 44.5 Å². The van der Waals surface area contributed by atoms with Crippen LogP contribution in [0.25, 0.3) is 98.8 Å². The molecule has 1 nitrogen and oxygen atoms in total. The van der Waals surface area contributed by atoms with Gasteiger partial charge in [-0.05, 0) is 124 Å². The van der Waals surface area contributed by atoms with E-state index in [9.17, 15) is 0 Å². The Morgan fingerprint density at radius 1 is 0.367 bits per heavy atom. The van der Waals surface area contributed by atoms with Gasteiger partial charge in [0.2, 0.25) is 0 Å². The summed E-state index contributed by atoms with van der Waals surface area (Å²) < 4.78 is 6.56. The van der Waals surface area contributed by atoms with Gasteiger partial charge in [-0.15, -0.1) is 21.9 Å². The number of rotatable bonds is 3. The van der Waals surface area contributed by atoms with Crippen LogP contribution in [0.15, 0.2) is 126 Å². The molecule has 0 fully saturated rings. The lowest BCUT2D eigenvalue weighted by Crippen LogP contribution is -2.50. The Balaban J connectivity index is 1.24. The van der Waals surface area contributed by atoms with Gasteiger partial charge in [-0.2, -0.15) is 0 Å².